The largest absolute Gasteiger partial charge is 0.433 e. The average molecular weight is 430 g/mol. The molecule has 31 heavy (non-hydrogen) atoms. The monoisotopic (exact) mass is 430 g/mol. The van der Waals surface area contributed by atoms with Crippen molar-refractivity contribution in [1.82, 2.24) is 19.5 Å². The molecule has 0 unspecified atom stereocenters. The second kappa shape index (κ2) is 8.32. The third-order valence-corrected chi connectivity index (χ3v) is 5.97. The Bertz CT molecular complexity index is 1080. The Morgan fingerprint density at radius 3 is 2.65 bits per heavy atom. The van der Waals surface area contributed by atoms with Gasteiger partial charge in [-0.1, -0.05) is 37.3 Å². The number of nitrogens with zero attached hydrogens (tertiary/aromatic N) is 4. The zero-order chi connectivity index (χ0) is 22.2. The molecule has 0 saturated carbocycles. The van der Waals surface area contributed by atoms with Crippen molar-refractivity contribution in [2.45, 2.75) is 51.1 Å². The number of alkyl halides is 3. The van der Waals surface area contributed by atoms with Crippen molar-refractivity contribution in [2.24, 2.45) is 0 Å². The highest BCUT2D eigenvalue weighted by Gasteiger charge is 2.36. The summed E-state index contributed by atoms with van der Waals surface area (Å²) in [5.74, 6) is -0.359. The van der Waals surface area contributed by atoms with Crippen LogP contribution in [0, 0.1) is 0 Å². The zero-order valence-corrected chi connectivity index (χ0v) is 17.6. The third-order valence-electron chi connectivity index (χ3n) is 5.97. The van der Waals surface area contributed by atoms with Crippen molar-refractivity contribution in [2.75, 3.05) is 13.1 Å². The summed E-state index contributed by atoms with van der Waals surface area (Å²) in [6, 6.07) is 12.3. The molecule has 2 aromatic heterocycles. The predicted molar refractivity (Wildman–Crippen MR) is 111 cm³/mol. The van der Waals surface area contributed by atoms with E-state index >= 15 is 0 Å². The Morgan fingerprint density at radius 1 is 1.23 bits per heavy atom. The summed E-state index contributed by atoms with van der Waals surface area (Å²) in [7, 11) is 0. The number of amides is 1. The molecule has 1 saturated heterocycles. The highest BCUT2D eigenvalue weighted by atomic mass is 19.4. The summed E-state index contributed by atoms with van der Waals surface area (Å²) in [5.41, 5.74) is 1.26. The normalized spacial score (nSPS) is 18.4. The van der Waals surface area contributed by atoms with E-state index in [0.29, 0.717) is 30.9 Å². The lowest BCUT2D eigenvalue weighted by atomic mass is 9.92. The van der Waals surface area contributed by atoms with Gasteiger partial charge in [0.05, 0.1) is 11.6 Å². The van der Waals surface area contributed by atoms with Crippen LogP contribution in [0.1, 0.15) is 61.2 Å². The Labute approximate surface area is 178 Å². The summed E-state index contributed by atoms with van der Waals surface area (Å²) in [4.78, 5) is 19.2. The third kappa shape index (κ3) is 4.29. The van der Waals surface area contributed by atoms with Gasteiger partial charge in [0.25, 0.3) is 0 Å². The summed E-state index contributed by atoms with van der Waals surface area (Å²) in [6.45, 7) is 4.75. The number of carbonyl (C=O) groups is 1. The molecule has 0 aliphatic carbocycles. The molecule has 5 nitrogen and oxygen atoms in total. The number of hydrogen-bond donors (Lipinski definition) is 0. The first-order valence-electron chi connectivity index (χ1n) is 10.6. The van der Waals surface area contributed by atoms with Crippen LogP contribution in [0.2, 0.25) is 0 Å². The van der Waals surface area contributed by atoms with Crippen LogP contribution in [0.4, 0.5) is 13.2 Å². The van der Waals surface area contributed by atoms with Gasteiger partial charge in [-0.3, -0.25) is 4.79 Å². The maximum atomic E-state index is 13.6. The number of likely N-dealkylation sites (tertiary alicyclic amines) is 1. The number of piperidine rings is 1. The van der Waals surface area contributed by atoms with Crippen molar-refractivity contribution in [3.63, 3.8) is 0 Å². The van der Waals surface area contributed by atoms with E-state index in [4.69, 9.17) is 0 Å². The molecule has 1 aliphatic heterocycles. The van der Waals surface area contributed by atoms with Crippen LogP contribution < -0.4 is 0 Å². The number of hydrogen-bond acceptors (Lipinski definition) is 3. The molecule has 164 valence electrons. The minimum atomic E-state index is -4.52. The minimum Gasteiger partial charge on any atom is -0.342 e. The van der Waals surface area contributed by atoms with Crippen molar-refractivity contribution < 1.29 is 18.0 Å². The van der Waals surface area contributed by atoms with Crippen LogP contribution in [0.25, 0.3) is 5.65 Å². The van der Waals surface area contributed by atoms with Crippen molar-refractivity contribution in [1.29, 1.82) is 0 Å². The molecule has 1 aromatic carbocycles. The minimum absolute atomic E-state index is 0.0297. The van der Waals surface area contributed by atoms with E-state index < -0.39 is 11.9 Å². The van der Waals surface area contributed by atoms with E-state index in [9.17, 15) is 18.0 Å². The van der Waals surface area contributed by atoms with E-state index in [1.165, 1.54) is 0 Å². The highest BCUT2D eigenvalue weighted by molar-refractivity contribution is 5.83. The number of fused-ring (bicyclic) bond motifs is 1. The van der Waals surface area contributed by atoms with E-state index in [0.717, 1.165) is 29.0 Å². The first kappa shape index (κ1) is 21.3. The van der Waals surface area contributed by atoms with Gasteiger partial charge in [-0.05, 0) is 37.8 Å². The molecule has 1 fully saturated rings. The molecule has 0 N–H and O–H groups in total. The SMILES string of the molecule is CCc1cc(C(F)(F)F)n2nc([C@@H]3CCCN(C(=O)[C@H](C)c4ccccc4)C3)cc2n1. The predicted octanol–water partition coefficient (Wildman–Crippen LogP) is 4.82. The molecule has 0 spiro atoms. The van der Waals surface area contributed by atoms with E-state index in [1.807, 2.05) is 42.2 Å². The highest BCUT2D eigenvalue weighted by Crippen LogP contribution is 2.33. The summed E-state index contributed by atoms with van der Waals surface area (Å²) in [6.07, 6.45) is -2.56. The quantitative estimate of drug-likeness (QED) is 0.596. The Hall–Kier alpha value is -2.90. The van der Waals surface area contributed by atoms with Crippen LogP contribution in [-0.2, 0) is 17.4 Å². The number of benzene rings is 1. The lowest BCUT2D eigenvalue weighted by molar-refractivity contribution is -0.142. The molecule has 0 radical (unpaired) electrons. The molecular formula is C23H25F3N4O. The van der Waals surface area contributed by atoms with Gasteiger partial charge in [-0.15, -0.1) is 0 Å². The van der Waals surface area contributed by atoms with Crippen LogP contribution in [-0.4, -0.2) is 38.5 Å². The van der Waals surface area contributed by atoms with Crippen LogP contribution in [0.5, 0.6) is 0 Å². The van der Waals surface area contributed by atoms with Crippen LogP contribution in [0.3, 0.4) is 0 Å². The lowest BCUT2D eigenvalue weighted by Gasteiger charge is -2.33. The summed E-state index contributed by atoms with van der Waals surface area (Å²) in [5, 5.41) is 4.27. The van der Waals surface area contributed by atoms with Gasteiger partial charge in [0, 0.05) is 30.8 Å². The van der Waals surface area contributed by atoms with Gasteiger partial charge in [0.2, 0.25) is 5.91 Å². The molecule has 3 heterocycles. The standard InChI is InChI=1S/C23H25F3N4O/c1-3-18-12-20(23(24,25)26)30-21(27-18)13-19(28-30)17-10-7-11-29(14-17)22(31)15(2)16-8-5-4-6-9-16/h4-6,8-9,12-13,15,17H,3,7,10-11,14H2,1-2H3/t15-,17-/m1/s1. The van der Waals surface area contributed by atoms with E-state index in [1.54, 1.807) is 13.0 Å². The van der Waals surface area contributed by atoms with Gasteiger partial charge in [-0.25, -0.2) is 9.50 Å². The van der Waals surface area contributed by atoms with Gasteiger partial charge in [0.15, 0.2) is 5.65 Å². The maximum absolute atomic E-state index is 13.6. The van der Waals surface area contributed by atoms with Crippen molar-refractivity contribution in [3.8, 4) is 0 Å². The zero-order valence-electron chi connectivity index (χ0n) is 17.6. The number of aryl methyl sites for hydroxylation is 1. The maximum Gasteiger partial charge on any atom is 0.433 e. The molecule has 3 aromatic rings. The summed E-state index contributed by atoms with van der Waals surface area (Å²) >= 11 is 0. The molecular weight excluding hydrogens is 405 g/mol. The van der Waals surface area contributed by atoms with E-state index in [2.05, 4.69) is 10.1 Å². The first-order valence-corrected chi connectivity index (χ1v) is 10.6. The topological polar surface area (TPSA) is 50.5 Å². The first-order chi connectivity index (χ1) is 14.8. The number of aromatic nitrogens is 3. The Kier molecular flexibility index (Phi) is 5.73. The second-order valence-corrected chi connectivity index (χ2v) is 8.08. The molecule has 1 aliphatic rings. The van der Waals surface area contributed by atoms with Gasteiger partial charge in [-0.2, -0.15) is 18.3 Å². The Morgan fingerprint density at radius 2 is 1.97 bits per heavy atom. The number of carbonyl (C=O) groups excluding carboxylic acids is 1. The molecule has 8 heteroatoms. The average Bonchev–Trinajstić information content (AvgIpc) is 3.21. The fourth-order valence-electron chi connectivity index (χ4n) is 4.20. The van der Waals surface area contributed by atoms with Crippen molar-refractivity contribution in [3.05, 3.63) is 65.1 Å². The van der Waals surface area contributed by atoms with Crippen molar-refractivity contribution >= 4 is 11.6 Å². The second-order valence-electron chi connectivity index (χ2n) is 8.08. The van der Waals surface area contributed by atoms with E-state index in [-0.39, 0.29) is 23.4 Å². The van der Waals surface area contributed by atoms with Gasteiger partial charge < -0.3 is 4.90 Å². The van der Waals surface area contributed by atoms with Crippen LogP contribution in [0.15, 0.2) is 42.5 Å². The smallest absolute Gasteiger partial charge is 0.342 e. The molecule has 2 atom stereocenters. The number of halogens is 3. The fourth-order valence-corrected chi connectivity index (χ4v) is 4.20. The fraction of sp³-hybridized carbons (Fsp3) is 0.435. The summed E-state index contributed by atoms with van der Waals surface area (Å²) < 4.78 is 41.6. The number of rotatable bonds is 4. The van der Waals surface area contributed by atoms with Gasteiger partial charge >= 0.3 is 6.18 Å². The molecule has 0 bridgehead atoms. The van der Waals surface area contributed by atoms with Crippen LogP contribution >= 0.6 is 0 Å². The molecule has 1 amide bonds. The van der Waals surface area contributed by atoms with Gasteiger partial charge in [0.1, 0.15) is 5.69 Å². The molecule has 4 rings (SSSR count). The lowest BCUT2D eigenvalue weighted by Crippen LogP contribution is -2.41. The Balaban J connectivity index is 1.60.